The summed E-state index contributed by atoms with van der Waals surface area (Å²) in [5.74, 6) is 0.645. The lowest BCUT2D eigenvalue weighted by Gasteiger charge is -2.35. The third-order valence-corrected chi connectivity index (χ3v) is 4.42. The van der Waals surface area contributed by atoms with Crippen LogP contribution in [-0.2, 0) is 11.3 Å². The summed E-state index contributed by atoms with van der Waals surface area (Å²) in [7, 11) is 2.10. The summed E-state index contributed by atoms with van der Waals surface area (Å²) in [6.07, 6.45) is 3.44. The van der Waals surface area contributed by atoms with Gasteiger partial charge in [-0.1, -0.05) is 5.16 Å². The van der Waals surface area contributed by atoms with Crippen molar-refractivity contribution in [2.45, 2.75) is 19.5 Å². The molecule has 1 fully saturated rings. The van der Waals surface area contributed by atoms with Gasteiger partial charge in [0.2, 0.25) is 5.91 Å². The molecule has 0 unspecified atom stereocenters. The Balaban J connectivity index is 1.52. The number of likely N-dealkylation sites (N-methyl/N-ethyl adjacent to an activating group) is 1. The highest BCUT2D eigenvalue weighted by molar-refractivity contribution is 5.81. The number of amides is 1. The maximum Gasteiger partial charge on any atom is 0.237 e. The van der Waals surface area contributed by atoms with E-state index in [4.69, 9.17) is 4.52 Å². The van der Waals surface area contributed by atoms with Crippen LogP contribution >= 0.6 is 0 Å². The first kappa shape index (κ1) is 16.6. The first-order chi connectivity index (χ1) is 11.6. The van der Waals surface area contributed by atoms with Crippen molar-refractivity contribution in [2.75, 3.05) is 33.2 Å². The smallest absolute Gasteiger partial charge is 0.237 e. The fourth-order valence-electron chi connectivity index (χ4n) is 2.74. The van der Waals surface area contributed by atoms with Gasteiger partial charge in [-0.15, -0.1) is 0 Å². The summed E-state index contributed by atoms with van der Waals surface area (Å²) in [6.45, 7) is 6.10. The second-order valence-corrected chi connectivity index (χ2v) is 6.15. The summed E-state index contributed by atoms with van der Waals surface area (Å²) in [5, 5.41) is 6.95. The number of carbonyl (C=O) groups is 1. The molecule has 1 amide bonds. The fourth-order valence-corrected chi connectivity index (χ4v) is 2.74. The van der Waals surface area contributed by atoms with E-state index >= 15 is 0 Å². The molecule has 128 valence electrons. The molecule has 1 aliphatic rings. The highest BCUT2D eigenvalue weighted by Gasteiger charge is 2.24. The van der Waals surface area contributed by atoms with Gasteiger partial charge in [-0.05, 0) is 26.1 Å². The predicted molar refractivity (Wildman–Crippen MR) is 90.1 cm³/mol. The van der Waals surface area contributed by atoms with Crippen molar-refractivity contribution in [1.29, 1.82) is 0 Å². The molecule has 7 nitrogen and oxygen atoms in total. The molecule has 0 aliphatic carbocycles. The second kappa shape index (κ2) is 7.55. The summed E-state index contributed by atoms with van der Waals surface area (Å²) in [5.41, 5.74) is 1.61. The maximum absolute atomic E-state index is 12.3. The van der Waals surface area contributed by atoms with Crippen LogP contribution in [0.1, 0.15) is 12.7 Å². The monoisotopic (exact) mass is 329 g/mol. The van der Waals surface area contributed by atoms with Gasteiger partial charge in [0.25, 0.3) is 0 Å². The maximum atomic E-state index is 12.3. The summed E-state index contributed by atoms with van der Waals surface area (Å²) < 4.78 is 5.30. The number of hydrogen-bond donors (Lipinski definition) is 1. The van der Waals surface area contributed by atoms with Gasteiger partial charge in [0, 0.05) is 50.2 Å². The topological polar surface area (TPSA) is 74.5 Å². The molecular formula is C17H23N5O2. The molecule has 0 radical (unpaired) electrons. The lowest BCUT2D eigenvalue weighted by atomic mass is 10.2. The van der Waals surface area contributed by atoms with E-state index in [2.05, 4.69) is 32.3 Å². The Labute approximate surface area is 141 Å². The second-order valence-electron chi connectivity index (χ2n) is 6.15. The van der Waals surface area contributed by atoms with Crippen molar-refractivity contribution < 1.29 is 9.32 Å². The highest BCUT2D eigenvalue weighted by atomic mass is 16.5. The average Bonchev–Trinajstić information content (AvgIpc) is 3.09. The molecule has 3 rings (SSSR count). The Bertz CT molecular complexity index is 665. The molecule has 2 aromatic heterocycles. The molecule has 0 spiro atoms. The third-order valence-electron chi connectivity index (χ3n) is 4.42. The van der Waals surface area contributed by atoms with Crippen LogP contribution in [0.25, 0.3) is 11.3 Å². The predicted octanol–water partition coefficient (Wildman–Crippen LogP) is 0.989. The van der Waals surface area contributed by atoms with Crippen LogP contribution < -0.4 is 5.32 Å². The lowest BCUT2D eigenvalue weighted by molar-refractivity contribution is -0.126. The van der Waals surface area contributed by atoms with Gasteiger partial charge in [0.1, 0.15) is 5.69 Å². The zero-order valence-electron chi connectivity index (χ0n) is 14.1. The molecule has 0 saturated carbocycles. The van der Waals surface area contributed by atoms with Gasteiger partial charge >= 0.3 is 0 Å². The van der Waals surface area contributed by atoms with Crippen LogP contribution in [0.15, 0.2) is 35.1 Å². The van der Waals surface area contributed by atoms with Crippen molar-refractivity contribution in [2.24, 2.45) is 0 Å². The van der Waals surface area contributed by atoms with Gasteiger partial charge in [-0.3, -0.25) is 14.7 Å². The number of pyridine rings is 1. The van der Waals surface area contributed by atoms with Crippen LogP contribution in [0.5, 0.6) is 0 Å². The van der Waals surface area contributed by atoms with E-state index in [1.165, 1.54) is 0 Å². The highest BCUT2D eigenvalue weighted by Crippen LogP contribution is 2.17. The van der Waals surface area contributed by atoms with E-state index in [0.29, 0.717) is 12.3 Å². The molecule has 1 N–H and O–H groups in total. The van der Waals surface area contributed by atoms with E-state index in [9.17, 15) is 4.79 Å². The van der Waals surface area contributed by atoms with Gasteiger partial charge in [0.15, 0.2) is 5.76 Å². The number of aromatic nitrogens is 2. The first-order valence-electron chi connectivity index (χ1n) is 8.20. The van der Waals surface area contributed by atoms with Crippen molar-refractivity contribution in [3.05, 3.63) is 36.4 Å². The van der Waals surface area contributed by atoms with Gasteiger partial charge in [0.05, 0.1) is 12.6 Å². The van der Waals surface area contributed by atoms with E-state index in [-0.39, 0.29) is 11.9 Å². The molecule has 1 aliphatic heterocycles. The quantitative estimate of drug-likeness (QED) is 0.882. The molecule has 7 heteroatoms. The number of carbonyl (C=O) groups excluding carboxylic acids is 1. The third kappa shape index (κ3) is 3.98. The summed E-state index contributed by atoms with van der Waals surface area (Å²) >= 11 is 0. The van der Waals surface area contributed by atoms with Crippen LogP contribution in [0.4, 0.5) is 0 Å². The van der Waals surface area contributed by atoms with Crippen molar-refractivity contribution >= 4 is 5.91 Å². The molecule has 1 saturated heterocycles. The Kier molecular flexibility index (Phi) is 5.22. The summed E-state index contributed by atoms with van der Waals surface area (Å²) in [6, 6.07) is 5.46. The lowest BCUT2D eigenvalue weighted by Crippen LogP contribution is -2.52. The zero-order chi connectivity index (χ0) is 16.9. The van der Waals surface area contributed by atoms with E-state index in [0.717, 1.165) is 37.4 Å². The SMILES string of the molecule is C[C@@H](C(=O)NCc1cc(-c2cccnc2)no1)N1CCN(C)CC1. The Morgan fingerprint density at radius 1 is 1.38 bits per heavy atom. The molecule has 3 heterocycles. The molecule has 0 bridgehead atoms. The standard InChI is InChI=1S/C17H23N5O2/c1-13(22-8-6-21(2)7-9-22)17(23)19-12-15-10-16(20-24-15)14-4-3-5-18-11-14/h3-5,10-11,13H,6-9,12H2,1-2H3,(H,19,23)/t13-/m0/s1. The number of piperazine rings is 1. The minimum absolute atomic E-state index is 0.0129. The molecule has 0 aromatic carbocycles. The van der Waals surface area contributed by atoms with Crippen molar-refractivity contribution in [3.8, 4) is 11.3 Å². The van der Waals surface area contributed by atoms with Crippen LogP contribution in [0.3, 0.4) is 0 Å². The molecule has 24 heavy (non-hydrogen) atoms. The fraction of sp³-hybridized carbons (Fsp3) is 0.471. The Hall–Kier alpha value is -2.25. The Morgan fingerprint density at radius 2 is 2.17 bits per heavy atom. The minimum atomic E-state index is -0.139. The number of hydrogen-bond acceptors (Lipinski definition) is 6. The normalized spacial score (nSPS) is 17.6. The van der Waals surface area contributed by atoms with E-state index in [1.807, 2.05) is 25.1 Å². The first-order valence-corrected chi connectivity index (χ1v) is 8.20. The zero-order valence-corrected chi connectivity index (χ0v) is 14.1. The van der Waals surface area contributed by atoms with E-state index in [1.54, 1.807) is 12.4 Å². The van der Waals surface area contributed by atoms with Crippen LogP contribution in [0.2, 0.25) is 0 Å². The summed E-state index contributed by atoms with van der Waals surface area (Å²) in [4.78, 5) is 20.9. The van der Waals surface area contributed by atoms with Gasteiger partial charge in [-0.25, -0.2) is 0 Å². The molecule has 2 aromatic rings. The average molecular weight is 329 g/mol. The van der Waals surface area contributed by atoms with Crippen molar-refractivity contribution in [3.63, 3.8) is 0 Å². The van der Waals surface area contributed by atoms with Crippen LogP contribution in [0, 0.1) is 0 Å². The minimum Gasteiger partial charge on any atom is -0.359 e. The van der Waals surface area contributed by atoms with Crippen molar-refractivity contribution in [1.82, 2.24) is 25.3 Å². The number of nitrogens with one attached hydrogen (secondary N) is 1. The largest absolute Gasteiger partial charge is 0.359 e. The van der Waals surface area contributed by atoms with Gasteiger partial charge < -0.3 is 14.7 Å². The van der Waals surface area contributed by atoms with E-state index < -0.39 is 0 Å². The number of nitrogens with zero attached hydrogens (tertiary/aromatic N) is 4. The Morgan fingerprint density at radius 3 is 2.88 bits per heavy atom. The molecule has 1 atom stereocenters. The van der Waals surface area contributed by atoms with Crippen LogP contribution in [-0.4, -0.2) is 65.1 Å². The molecular weight excluding hydrogens is 306 g/mol. The van der Waals surface area contributed by atoms with Gasteiger partial charge in [-0.2, -0.15) is 0 Å². The number of rotatable bonds is 5.